The first-order chi connectivity index (χ1) is 15.2. The van der Waals surface area contributed by atoms with Gasteiger partial charge >= 0.3 is 6.09 Å². The van der Waals surface area contributed by atoms with Gasteiger partial charge in [-0.15, -0.1) is 11.3 Å². The standard InChI is InChI=1S/C16H15ClN2O2S.C6H12BNO2/c1-2-4-13-11(9-20)15-16(21-13)12(7-14(17)19-15)18-8-10-5-3-6-22-10;1-6(2,3)10-5(9)8-4-7/h3,5-7,9H,2,4,8H2,1H3,(H,18,19);4H2,1-3H3,(H,8,9). The minimum absolute atomic E-state index is 0.106. The third-order valence-electron chi connectivity index (χ3n) is 4.00. The monoisotopic (exact) mass is 475 g/mol. The van der Waals surface area contributed by atoms with Crippen LogP contribution in [0.3, 0.4) is 0 Å². The van der Waals surface area contributed by atoms with Crippen LogP contribution in [0.15, 0.2) is 28.0 Å². The number of aldehydes is 1. The first-order valence-corrected chi connectivity index (χ1v) is 11.4. The summed E-state index contributed by atoms with van der Waals surface area (Å²) in [6, 6.07) is 5.79. The molecular formula is C22H27BClN3O4S. The molecule has 170 valence electrons. The molecule has 10 heteroatoms. The van der Waals surface area contributed by atoms with E-state index >= 15 is 0 Å². The van der Waals surface area contributed by atoms with Gasteiger partial charge < -0.3 is 19.8 Å². The fraction of sp³-hybridized carbons (Fsp3) is 0.409. The van der Waals surface area contributed by atoms with E-state index in [9.17, 15) is 9.59 Å². The predicted molar refractivity (Wildman–Crippen MR) is 130 cm³/mol. The van der Waals surface area contributed by atoms with E-state index in [2.05, 4.69) is 21.7 Å². The Morgan fingerprint density at radius 2 is 2.16 bits per heavy atom. The van der Waals surface area contributed by atoms with Crippen molar-refractivity contribution in [3.63, 3.8) is 0 Å². The van der Waals surface area contributed by atoms with Crippen molar-refractivity contribution < 1.29 is 18.7 Å². The van der Waals surface area contributed by atoms with Gasteiger partial charge in [-0.05, 0) is 45.1 Å². The highest BCUT2D eigenvalue weighted by atomic mass is 35.5. The molecule has 32 heavy (non-hydrogen) atoms. The number of alkyl carbamates (subject to hydrolysis) is 1. The van der Waals surface area contributed by atoms with Crippen LogP contribution in [0.4, 0.5) is 10.5 Å². The summed E-state index contributed by atoms with van der Waals surface area (Å²) in [5, 5.41) is 8.00. The maximum Gasteiger partial charge on any atom is 0.406 e. The Morgan fingerprint density at radius 3 is 2.72 bits per heavy atom. The average molecular weight is 476 g/mol. The number of thiophene rings is 1. The van der Waals surface area contributed by atoms with Gasteiger partial charge in [0.25, 0.3) is 0 Å². The van der Waals surface area contributed by atoms with Crippen LogP contribution in [0.2, 0.25) is 5.15 Å². The minimum atomic E-state index is -0.477. The Morgan fingerprint density at radius 1 is 1.41 bits per heavy atom. The highest BCUT2D eigenvalue weighted by Gasteiger charge is 2.18. The Bertz CT molecular complexity index is 1030. The van der Waals surface area contributed by atoms with E-state index in [1.165, 1.54) is 4.88 Å². The number of nitrogens with one attached hydrogen (secondary N) is 2. The summed E-state index contributed by atoms with van der Waals surface area (Å²) in [6.07, 6.45) is 2.02. The molecular weight excluding hydrogens is 449 g/mol. The summed E-state index contributed by atoms with van der Waals surface area (Å²) in [5.74, 6) is 0.668. The van der Waals surface area contributed by atoms with Crippen molar-refractivity contribution in [1.29, 1.82) is 0 Å². The van der Waals surface area contributed by atoms with Crippen molar-refractivity contribution in [1.82, 2.24) is 10.3 Å². The molecule has 0 aliphatic carbocycles. The van der Waals surface area contributed by atoms with E-state index in [1.807, 2.05) is 18.4 Å². The minimum Gasteiger partial charge on any atom is -0.456 e. The number of halogens is 1. The molecule has 0 aromatic carbocycles. The summed E-state index contributed by atoms with van der Waals surface area (Å²) in [5.41, 5.74) is 1.93. The first-order valence-electron chi connectivity index (χ1n) is 10.2. The molecule has 0 fully saturated rings. The van der Waals surface area contributed by atoms with E-state index in [0.717, 1.165) is 18.4 Å². The van der Waals surface area contributed by atoms with Crippen LogP contribution >= 0.6 is 22.9 Å². The SMILES string of the molecule is CCCc1oc2c(NCc3cccs3)cc(Cl)nc2c1C=O.[B]CNC(=O)OC(C)(C)C. The molecule has 0 saturated carbocycles. The van der Waals surface area contributed by atoms with Gasteiger partial charge in [0.2, 0.25) is 0 Å². The maximum absolute atomic E-state index is 11.4. The number of anilines is 1. The van der Waals surface area contributed by atoms with E-state index in [0.29, 0.717) is 40.5 Å². The molecule has 2 radical (unpaired) electrons. The lowest BCUT2D eigenvalue weighted by molar-refractivity contribution is 0.0537. The zero-order chi connectivity index (χ0) is 23.7. The number of carbonyl (C=O) groups excluding carboxylic acids is 2. The quantitative estimate of drug-likeness (QED) is 0.264. The molecule has 3 heterocycles. The van der Waals surface area contributed by atoms with Gasteiger partial charge in [0.1, 0.15) is 22.0 Å². The van der Waals surface area contributed by atoms with Gasteiger partial charge in [-0.2, -0.15) is 0 Å². The number of fused-ring (bicyclic) bond motifs is 1. The van der Waals surface area contributed by atoms with Crippen molar-refractivity contribution >= 4 is 60.0 Å². The molecule has 0 atom stereocenters. The molecule has 1 amide bonds. The molecule has 0 bridgehead atoms. The predicted octanol–water partition coefficient (Wildman–Crippen LogP) is 5.56. The van der Waals surface area contributed by atoms with E-state index in [1.54, 1.807) is 38.2 Å². The smallest absolute Gasteiger partial charge is 0.406 e. The number of pyridine rings is 1. The molecule has 0 unspecified atom stereocenters. The van der Waals surface area contributed by atoms with Gasteiger partial charge in [0.05, 0.1) is 19.1 Å². The second-order valence-electron chi connectivity index (χ2n) is 7.79. The molecule has 0 aliphatic heterocycles. The second kappa shape index (κ2) is 11.9. The largest absolute Gasteiger partial charge is 0.456 e. The number of hydrogen-bond acceptors (Lipinski definition) is 7. The topological polar surface area (TPSA) is 93.5 Å². The van der Waals surface area contributed by atoms with Gasteiger partial charge in [-0.1, -0.05) is 24.6 Å². The second-order valence-corrected chi connectivity index (χ2v) is 9.21. The van der Waals surface area contributed by atoms with Crippen LogP contribution in [0.25, 0.3) is 11.1 Å². The lowest BCUT2D eigenvalue weighted by Crippen LogP contribution is -2.33. The number of ether oxygens (including phenoxy) is 1. The van der Waals surface area contributed by atoms with Crippen molar-refractivity contribution in [3.05, 3.63) is 44.9 Å². The van der Waals surface area contributed by atoms with Gasteiger partial charge in [0.15, 0.2) is 11.9 Å². The summed E-state index contributed by atoms with van der Waals surface area (Å²) in [6.45, 7) is 8.10. The van der Waals surface area contributed by atoms with Crippen LogP contribution < -0.4 is 10.6 Å². The molecule has 0 aliphatic rings. The highest BCUT2D eigenvalue weighted by molar-refractivity contribution is 7.09. The summed E-state index contributed by atoms with van der Waals surface area (Å²) >= 11 is 7.77. The number of nitrogens with zero attached hydrogens (tertiary/aromatic N) is 1. The Hall–Kier alpha value is -2.52. The Kier molecular flexibility index (Phi) is 9.59. The Labute approximate surface area is 198 Å². The molecule has 7 nitrogen and oxygen atoms in total. The summed E-state index contributed by atoms with van der Waals surface area (Å²) in [7, 11) is 5.04. The zero-order valence-corrected chi connectivity index (χ0v) is 20.2. The molecule has 3 rings (SSSR count). The fourth-order valence-corrected chi connectivity index (χ4v) is 3.59. The molecule has 0 spiro atoms. The van der Waals surface area contributed by atoms with Crippen LogP contribution in [-0.4, -0.2) is 37.3 Å². The van der Waals surface area contributed by atoms with E-state index < -0.39 is 11.7 Å². The summed E-state index contributed by atoms with van der Waals surface area (Å²) < 4.78 is 10.7. The van der Waals surface area contributed by atoms with Crippen LogP contribution in [-0.2, 0) is 17.7 Å². The van der Waals surface area contributed by atoms with Crippen LogP contribution in [0.5, 0.6) is 0 Å². The Balaban J connectivity index is 0.000000309. The lowest BCUT2D eigenvalue weighted by atomic mass is 10.1. The van der Waals surface area contributed by atoms with Gasteiger partial charge in [0, 0.05) is 23.9 Å². The number of hydrogen-bond donors (Lipinski definition) is 2. The number of aromatic nitrogens is 1. The van der Waals surface area contributed by atoms with Crippen molar-refractivity contribution in [2.24, 2.45) is 0 Å². The number of furan rings is 1. The van der Waals surface area contributed by atoms with Crippen LogP contribution in [0.1, 0.15) is 55.1 Å². The van der Waals surface area contributed by atoms with E-state index in [4.69, 9.17) is 28.6 Å². The van der Waals surface area contributed by atoms with Crippen molar-refractivity contribution in [3.8, 4) is 0 Å². The molecule has 0 saturated heterocycles. The fourth-order valence-electron chi connectivity index (χ4n) is 2.76. The number of aryl methyl sites for hydroxylation is 1. The van der Waals surface area contributed by atoms with E-state index in [-0.39, 0.29) is 6.44 Å². The average Bonchev–Trinajstić information content (AvgIpc) is 3.33. The molecule has 3 aromatic heterocycles. The maximum atomic E-state index is 11.4. The first kappa shape index (κ1) is 25.7. The number of amides is 1. The van der Waals surface area contributed by atoms with Crippen molar-refractivity contribution in [2.75, 3.05) is 11.8 Å². The molecule has 3 aromatic rings. The lowest BCUT2D eigenvalue weighted by Gasteiger charge is -2.19. The van der Waals surface area contributed by atoms with Crippen LogP contribution in [0, 0.1) is 0 Å². The van der Waals surface area contributed by atoms with Gasteiger partial charge in [-0.25, -0.2) is 9.78 Å². The van der Waals surface area contributed by atoms with Gasteiger partial charge in [-0.3, -0.25) is 4.79 Å². The zero-order valence-electron chi connectivity index (χ0n) is 18.7. The van der Waals surface area contributed by atoms with Crippen molar-refractivity contribution in [2.45, 2.75) is 52.7 Å². The number of rotatable bonds is 7. The summed E-state index contributed by atoms with van der Waals surface area (Å²) in [4.78, 5) is 27.5. The third-order valence-corrected chi connectivity index (χ3v) is 5.07. The number of carbonyl (C=O) groups is 2. The highest BCUT2D eigenvalue weighted by Crippen LogP contribution is 2.32. The normalized spacial score (nSPS) is 10.9. The molecule has 2 N–H and O–H groups in total. The third kappa shape index (κ3) is 7.56.